The molecule has 0 aliphatic carbocycles. The van der Waals surface area contributed by atoms with E-state index in [-0.39, 0.29) is 42.2 Å². The van der Waals surface area contributed by atoms with Gasteiger partial charge in [0.2, 0.25) is 5.91 Å². The maximum Gasteiger partial charge on any atom is 0.418 e. The number of rotatable bonds is 6. The third-order valence-electron chi connectivity index (χ3n) is 6.72. The summed E-state index contributed by atoms with van der Waals surface area (Å²) in [6, 6.07) is 2.41. The number of hydrogen-bond donors (Lipinski definition) is 1. The average molecular weight is 585 g/mol. The van der Waals surface area contributed by atoms with Gasteiger partial charge < -0.3 is 15.0 Å². The number of nitrogens with zero attached hydrogens (tertiary/aromatic N) is 4. The maximum atomic E-state index is 13.8. The standard InChI is InChI=1S/C27H25F6N5O3/c1-14-11-35-21(13-34-14)25(40)37-19-7-8-38(24(19)17-5-4-6-22(41-3)15(17)2)23(39)10-20-18(27(31,32)33)9-16(12-36-20)26(28,29)30/h4-6,9,11-13,19,24H,7-8,10H2,1-3H3,(H,37,40)/t19-,24-/m1/s1/i3D3. The first-order valence-electron chi connectivity index (χ1n) is 13.7. The smallest absolute Gasteiger partial charge is 0.418 e. The summed E-state index contributed by atoms with van der Waals surface area (Å²) in [5.74, 6) is -1.63. The molecule has 1 fully saturated rings. The summed E-state index contributed by atoms with van der Waals surface area (Å²) in [7, 11) is -2.82. The van der Waals surface area contributed by atoms with E-state index in [9.17, 15) is 35.9 Å². The van der Waals surface area contributed by atoms with Crippen molar-refractivity contribution in [2.45, 2.75) is 51.1 Å². The molecule has 0 bridgehead atoms. The Hall–Kier alpha value is -4.23. The van der Waals surface area contributed by atoms with Gasteiger partial charge in [-0.3, -0.25) is 19.6 Å². The highest BCUT2D eigenvalue weighted by atomic mass is 19.4. The SMILES string of the molecule is [2H]C([2H])([2H])Oc1cccc([C@@H]2[C@H](NC(=O)c3cnc(C)cn3)CCN2C(=O)Cc2ncc(C(F)(F)F)cc2C(F)(F)F)c1C. The predicted octanol–water partition coefficient (Wildman–Crippen LogP) is 4.85. The van der Waals surface area contributed by atoms with Gasteiger partial charge in [0, 0.05) is 18.9 Å². The number of pyridine rings is 1. The third kappa shape index (κ3) is 6.41. The number of carbonyl (C=O) groups excluding carboxylic acids is 2. The lowest BCUT2D eigenvalue weighted by Crippen LogP contribution is -2.42. The van der Waals surface area contributed by atoms with Crippen molar-refractivity contribution in [3.05, 3.63) is 82.2 Å². The average Bonchev–Trinajstić information content (AvgIpc) is 3.31. The number of benzene rings is 1. The number of aromatic nitrogens is 3. The number of carbonyl (C=O) groups is 2. The molecule has 14 heteroatoms. The van der Waals surface area contributed by atoms with Gasteiger partial charge in [-0.15, -0.1) is 0 Å². The topological polar surface area (TPSA) is 97.3 Å². The second-order valence-electron chi connectivity index (χ2n) is 9.41. The summed E-state index contributed by atoms with van der Waals surface area (Å²) in [6.45, 7) is 3.11. The molecular formula is C27H25F6N5O3. The molecule has 4 rings (SSSR count). The number of nitrogens with one attached hydrogen (secondary N) is 1. The molecule has 0 unspecified atom stereocenters. The van der Waals surface area contributed by atoms with E-state index in [2.05, 4.69) is 20.3 Å². The van der Waals surface area contributed by atoms with E-state index in [1.807, 2.05) is 0 Å². The van der Waals surface area contributed by atoms with Crippen LogP contribution in [0.1, 0.15) is 60.7 Å². The molecule has 8 nitrogen and oxygen atoms in total. The van der Waals surface area contributed by atoms with Gasteiger partial charge in [-0.1, -0.05) is 12.1 Å². The van der Waals surface area contributed by atoms with E-state index in [1.165, 1.54) is 36.4 Å². The van der Waals surface area contributed by atoms with E-state index >= 15 is 0 Å². The van der Waals surface area contributed by atoms with Gasteiger partial charge in [-0.25, -0.2) is 4.98 Å². The predicted molar refractivity (Wildman–Crippen MR) is 133 cm³/mol. The van der Waals surface area contributed by atoms with Gasteiger partial charge in [0.1, 0.15) is 11.4 Å². The normalized spacial score (nSPS) is 18.8. The van der Waals surface area contributed by atoms with Crippen LogP contribution in [0.2, 0.25) is 0 Å². The lowest BCUT2D eigenvalue weighted by Gasteiger charge is -2.31. The Balaban J connectivity index is 1.72. The van der Waals surface area contributed by atoms with Crippen LogP contribution < -0.4 is 10.1 Å². The van der Waals surface area contributed by atoms with Crippen molar-refractivity contribution < 1.29 is 44.8 Å². The molecule has 1 saturated heterocycles. The van der Waals surface area contributed by atoms with Gasteiger partial charge in [0.15, 0.2) is 0 Å². The Morgan fingerprint density at radius 3 is 2.46 bits per heavy atom. The van der Waals surface area contributed by atoms with Crippen molar-refractivity contribution in [2.75, 3.05) is 13.6 Å². The van der Waals surface area contributed by atoms with Gasteiger partial charge >= 0.3 is 12.4 Å². The van der Waals surface area contributed by atoms with E-state index in [0.29, 0.717) is 11.3 Å². The zero-order chi connectivity index (χ0) is 32.6. The lowest BCUT2D eigenvalue weighted by atomic mass is 9.94. The fourth-order valence-electron chi connectivity index (χ4n) is 4.70. The highest BCUT2D eigenvalue weighted by molar-refractivity contribution is 5.92. The summed E-state index contributed by atoms with van der Waals surface area (Å²) in [4.78, 5) is 39.2. The van der Waals surface area contributed by atoms with E-state index < -0.39 is 66.5 Å². The first kappa shape index (κ1) is 25.7. The third-order valence-corrected chi connectivity index (χ3v) is 6.72. The van der Waals surface area contributed by atoms with Crippen LogP contribution >= 0.6 is 0 Å². The second-order valence-corrected chi connectivity index (χ2v) is 9.41. The van der Waals surface area contributed by atoms with Crippen LogP contribution in [0.25, 0.3) is 0 Å². The molecular weight excluding hydrogens is 556 g/mol. The first-order valence-corrected chi connectivity index (χ1v) is 12.2. The van der Waals surface area contributed by atoms with E-state index in [0.717, 1.165) is 0 Å². The second kappa shape index (κ2) is 11.3. The van der Waals surface area contributed by atoms with E-state index in [1.54, 1.807) is 13.0 Å². The molecule has 1 aromatic carbocycles. The Morgan fingerprint density at radius 2 is 1.83 bits per heavy atom. The minimum atomic E-state index is -5.24. The Kier molecular flexibility index (Phi) is 7.11. The number of likely N-dealkylation sites (tertiary alicyclic amines) is 1. The Bertz CT molecular complexity index is 1550. The summed E-state index contributed by atoms with van der Waals surface area (Å²) in [6.07, 6.45) is -8.38. The van der Waals surface area contributed by atoms with Crippen LogP contribution in [-0.4, -0.2) is 51.3 Å². The van der Waals surface area contributed by atoms with Gasteiger partial charge in [-0.05, 0) is 43.5 Å². The summed E-state index contributed by atoms with van der Waals surface area (Å²) in [5.41, 5.74) is -3.12. The number of amides is 2. The number of hydrogen-bond acceptors (Lipinski definition) is 6. The summed E-state index contributed by atoms with van der Waals surface area (Å²) >= 11 is 0. The first-order chi connectivity index (χ1) is 20.3. The minimum absolute atomic E-state index is 0.0425. The van der Waals surface area contributed by atoms with Crippen molar-refractivity contribution in [2.24, 2.45) is 0 Å². The van der Waals surface area contributed by atoms with Crippen LogP contribution in [0.4, 0.5) is 26.3 Å². The number of halogens is 6. The zero-order valence-electron chi connectivity index (χ0n) is 24.6. The van der Waals surface area contributed by atoms with Crippen molar-refractivity contribution in [1.29, 1.82) is 0 Å². The van der Waals surface area contributed by atoms with Crippen LogP contribution in [0.3, 0.4) is 0 Å². The summed E-state index contributed by atoms with van der Waals surface area (Å²) < 4.78 is 108. The number of methoxy groups -OCH3 is 1. The molecule has 0 radical (unpaired) electrons. The molecule has 1 aliphatic heterocycles. The largest absolute Gasteiger partial charge is 0.496 e. The number of ether oxygens (including phenoxy) is 1. The van der Waals surface area contributed by atoms with Crippen molar-refractivity contribution >= 4 is 11.8 Å². The van der Waals surface area contributed by atoms with E-state index in [4.69, 9.17) is 8.85 Å². The minimum Gasteiger partial charge on any atom is -0.496 e. The van der Waals surface area contributed by atoms with Gasteiger partial charge in [0.05, 0.1) is 58.4 Å². The molecule has 2 atom stereocenters. The molecule has 3 heterocycles. The van der Waals surface area contributed by atoms with Gasteiger partial charge in [-0.2, -0.15) is 26.3 Å². The maximum absolute atomic E-state index is 13.8. The molecule has 218 valence electrons. The molecule has 2 amide bonds. The number of aryl methyl sites for hydroxylation is 1. The van der Waals surface area contributed by atoms with Crippen LogP contribution in [0.15, 0.2) is 42.9 Å². The number of alkyl halides is 6. The van der Waals surface area contributed by atoms with Crippen LogP contribution in [-0.2, 0) is 23.6 Å². The van der Waals surface area contributed by atoms with Crippen LogP contribution in [0.5, 0.6) is 5.75 Å². The van der Waals surface area contributed by atoms with Crippen molar-refractivity contribution in [3.63, 3.8) is 0 Å². The molecule has 1 N–H and O–H groups in total. The Labute approximate surface area is 235 Å². The molecule has 0 spiro atoms. The van der Waals surface area contributed by atoms with Crippen LogP contribution in [0, 0.1) is 13.8 Å². The monoisotopic (exact) mass is 584 g/mol. The quantitative estimate of drug-likeness (QED) is 0.417. The summed E-state index contributed by atoms with van der Waals surface area (Å²) in [5, 5.41) is 2.76. The lowest BCUT2D eigenvalue weighted by molar-refractivity contribution is -0.144. The highest BCUT2D eigenvalue weighted by Gasteiger charge is 2.43. The molecule has 2 aromatic heterocycles. The molecule has 0 saturated carbocycles. The van der Waals surface area contributed by atoms with Gasteiger partial charge in [0.25, 0.3) is 5.91 Å². The Morgan fingerprint density at radius 1 is 1.07 bits per heavy atom. The fourth-order valence-corrected chi connectivity index (χ4v) is 4.70. The van der Waals surface area contributed by atoms with Crippen molar-refractivity contribution in [3.8, 4) is 5.75 Å². The highest BCUT2D eigenvalue weighted by Crippen LogP contribution is 2.39. The molecule has 1 aliphatic rings. The zero-order valence-corrected chi connectivity index (χ0v) is 21.6. The molecule has 41 heavy (non-hydrogen) atoms. The van der Waals surface area contributed by atoms with Crippen molar-refractivity contribution in [1.82, 2.24) is 25.2 Å². The fraction of sp³-hybridized carbons (Fsp3) is 0.370. The molecule has 3 aromatic rings.